The summed E-state index contributed by atoms with van der Waals surface area (Å²) in [5, 5.41) is 3.50. The Hall–Kier alpha value is -2.04. The first-order chi connectivity index (χ1) is 12.5. The first-order valence-corrected chi connectivity index (χ1v) is 9.20. The zero-order valence-electron chi connectivity index (χ0n) is 14.8. The van der Waals surface area contributed by atoms with E-state index in [9.17, 15) is 9.59 Å². The number of nitrogens with one attached hydrogen (secondary N) is 1. The lowest BCUT2D eigenvalue weighted by atomic mass is 10.1. The smallest absolute Gasteiger partial charge is 0.242 e. The molecule has 2 rings (SSSR count). The third-order valence-corrected chi connectivity index (χ3v) is 4.91. The first-order valence-electron chi connectivity index (χ1n) is 8.45. The van der Waals surface area contributed by atoms with Crippen LogP contribution in [0.15, 0.2) is 48.5 Å². The standard InChI is InChI=1S/C20H22Cl2N2O2/c1-3-18(20(26)23-2)24(13-14-7-5-4-6-8-14)19(25)12-15-9-10-16(21)17(22)11-15/h4-11,18H,3,12-13H2,1-2H3,(H,23,26). The highest BCUT2D eigenvalue weighted by Gasteiger charge is 2.28. The van der Waals surface area contributed by atoms with Crippen LogP contribution in [0.4, 0.5) is 0 Å². The number of halogens is 2. The molecule has 2 aromatic carbocycles. The molecule has 0 fully saturated rings. The van der Waals surface area contributed by atoms with Crippen molar-refractivity contribution in [2.45, 2.75) is 32.4 Å². The molecule has 0 heterocycles. The van der Waals surface area contributed by atoms with Crippen molar-refractivity contribution < 1.29 is 9.59 Å². The number of amides is 2. The predicted molar refractivity (Wildman–Crippen MR) is 105 cm³/mol. The lowest BCUT2D eigenvalue weighted by molar-refractivity contribution is -0.140. The SMILES string of the molecule is CCC(C(=O)NC)N(Cc1ccccc1)C(=O)Cc1ccc(Cl)c(Cl)c1. The minimum atomic E-state index is -0.532. The Labute approximate surface area is 164 Å². The second-order valence-electron chi connectivity index (χ2n) is 5.97. The van der Waals surface area contributed by atoms with E-state index >= 15 is 0 Å². The van der Waals surface area contributed by atoms with Crippen LogP contribution in [0.3, 0.4) is 0 Å². The van der Waals surface area contributed by atoms with E-state index in [1.807, 2.05) is 37.3 Å². The predicted octanol–water partition coefficient (Wildman–Crippen LogP) is 4.09. The maximum absolute atomic E-state index is 13.0. The van der Waals surface area contributed by atoms with Crippen molar-refractivity contribution >= 4 is 35.0 Å². The summed E-state index contributed by atoms with van der Waals surface area (Å²) in [5.74, 6) is -0.311. The summed E-state index contributed by atoms with van der Waals surface area (Å²) in [6.45, 7) is 2.26. The number of rotatable bonds is 7. The fourth-order valence-electron chi connectivity index (χ4n) is 2.79. The average Bonchev–Trinajstić information content (AvgIpc) is 2.65. The molecule has 0 saturated carbocycles. The van der Waals surface area contributed by atoms with E-state index in [0.29, 0.717) is 23.0 Å². The molecule has 1 atom stereocenters. The van der Waals surface area contributed by atoms with Crippen molar-refractivity contribution in [1.29, 1.82) is 0 Å². The fraction of sp³-hybridized carbons (Fsp3) is 0.300. The van der Waals surface area contributed by atoms with Gasteiger partial charge in [0.25, 0.3) is 0 Å². The molecule has 0 aromatic heterocycles. The molecule has 1 unspecified atom stereocenters. The number of nitrogens with zero attached hydrogens (tertiary/aromatic N) is 1. The molecular weight excluding hydrogens is 371 g/mol. The molecular formula is C20H22Cl2N2O2. The number of carbonyl (C=O) groups is 2. The Kier molecular flexibility index (Phi) is 7.49. The number of carbonyl (C=O) groups excluding carboxylic acids is 2. The van der Waals surface area contributed by atoms with Gasteiger partial charge in [-0.25, -0.2) is 0 Å². The van der Waals surface area contributed by atoms with Crippen LogP contribution in [0.5, 0.6) is 0 Å². The quantitative estimate of drug-likeness (QED) is 0.771. The largest absolute Gasteiger partial charge is 0.357 e. The number of hydrogen-bond donors (Lipinski definition) is 1. The van der Waals surface area contributed by atoms with Gasteiger partial charge in [0.2, 0.25) is 11.8 Å². The summed E-state index contributed by atoms with van der Waals surface area (Å²) >= 11 is 12.0. The zero-order valence-corrected chi connectivity index (χ0v) is 16.3. The van der Waals surface area contributed by atoms with Gasteiger partial charge >= 0.3 is 0 Å². The third kappa shape index (κ3) is 5.23. The van der Waals surface area contributed by atoms with Crippen LogP contribution < -0.4 is 5.32 Å². The summed E-state index contributed by atoms with van der Waals surface area (Å²) in [4.78, 5) is 26.9. The topological polar surface area (TPSA) is 49.4 Å². The van der Waals surface area contributed by atoms with Crippen molar-refractivity contribution in [3.63, 3.8) is 0 Å². The van der Waals surface area contributed by atoms with E-state index in [4.69, 9.17) is 23.2 Å². The molecule has 0 bridgehead atoms. The molecule has 0 saturated heterocycles. The summed E-state index contributed by atoms with van der Waals surface area (Å²) in [5.41, 5.74) is 1.73. The lowest BCUT2D eigenvalue weighted by Crippen LogP contribution is -2.48. The van der Waals surface area contributed by atoms with Crippen LogP contribution in [0.2, 0.25) is 10.0 Å². The van der Waals surface area contributed by atoms with E-state index < -0.39 is 6.04 Å². The summed E-state index contributed by atoms with van der Waals surface area (Å²) in [6.07, 6.45) is 0.677. The van der Waals surface area contributed by atoms with Crippen molar-refractivity contribution in [3.05, 3.63) is 69.7 Å². The first kappa shape index (κ1) is 20.3. The van der Waals surface area contributed by atoms with Crippen LogP contribution in [-0.4, -0.2) is 29.8 Å². The van der Waals surface area contributed by atoms with E-state index in [0.717, 1.165) is 11.1 Å². The number of hydrogen-bond acceptors (Lipinski definition) is 2. The highest BCUT2D eigenvalue weighted by molar-refractivity contribution is 6.42. The second kappa shape index (κ2) is 9.60. The molecule has 138 valence electrons. The fourth-order valence-corrected chi connectivity index (χ4v) is 3.11. The maximum atomic E-state index is 13.0. The molecule has 0 radical (unpaired) electrons. The summed E-state index contributed by atoms with van der Waals surface area (Å²) < 4.78 is 0. The van der Waals surface area contributed by atoms with Crippen molar-refractivity contribution in [2.24, 2.45) is 0 Å². The second-order valence-corrected chi connectivity index (χ2v) is 6.79. The van der Waals surface area contributed by atoms with Gasteiger partial charge in [-0.3, -0.25) is 9.59 Å². The summed E-state index contributed by atoms with van der Waals surface area (Å²) in [7, 11) is 1.58. The van der Waals surface area contributed by atoms with Gasteiger partial charge in [-0.1, -0.05) is 66.5 Å². The average molecular weight is 393 g/mol. The van der Waals surface area contributed by atoms with E-state index in [1.165, 1.54) is 0 Å². The van der Waals surface area contributed by atoms with E-state index in [2.05, 4.69) is 5.32 Å². The molecule has 0 aliphatic carbocycles. The van der Waals surface area contributed by atoms with Crippen LogP contribution in [0.25, 0.3) is 0 Å². The Morgan fingerprint density at radius 1 is 1.04 bits per heavy atom. The molecule has 1 N–H and O–H groups in total. The molecule has 6 heteroatoms. The zero-order chi connectivity index (χ0) is 19.1. The van der Waals surface area contributed by atoms with Gasteiger partial charge in [0.15, 0.2) is 0 Å². The van der Waals surface area contributed by atoms with E-state index in [1.54, 1.807) is 30.1 Å². The molecule has 2 amide bonds. The number of benzene rings is 2. The Morgan fingerprint density at radius 3 is 2.31 bits per heavy atom. The van der Waals surface area contributed by atoms with Crippen LogP contribution in [-0.2, 0) is 22.6 Å². The minimum Gasteiger partial charge on any atom is -0.357 e. The van der Waals surface area contributed by atoms with Gasteiger partial charge in [-0.15, -0.1) is 0 Å². The van der Waals surface area contributed by atoms with Crippen LogP contribution in [0.1, 0.15) is 24.5 Å². The summed E-state index contributed by atoms with van der Waals surface area (Å²) in [6, 6.07) is 14.2. The molecule has 0 aliphatic heterocycles. The van der Waals surface area contributed by atoms with Gasteiger partial charge in [0.1, 0.15) is 6.04 Å². The van der Waals surface area contributed by atoms with Gasteiger partial charge in [0, 0.05) is 13.6 Å². The molecule has 26 heavy (non-hydrogen) atoms. The molecule has 2 aromatic rings. The molecule has 4 nitrogen and oxygen atoms in total. The Balaban J connectivity index is 2.27. The van der Waals surface area contributed by atoms with Gasteiger partial charge in [-0.2, -0.15) is 0 Å². The Bertz CT molecular complexity index is 766. The third-order valence-electron chi connectivity index (χ3n) is 4.17. The normalized spacial score (nSPS) is 11.7. The molecule has 0 spiro atoms. The minimum absolute atomic E-state index is 0.136. The van der Waals surface area contributed by atoms with Crippen molar-refractivity contribution in [2.75, 3.05) is 7.05 Å². The lowest BCUT2D eigenvalue weighted by Gasteiger charge is -2.30. The van der Waals surface area contributed by atoms with Gasteiger partial charge in [0.05, 0.1) is 16.5 Å². The highest BCUT2D eigenvalue weighted by Crippen LogP contribution is 2.23. The van der Waals surface area contributed by atoms with Crippen molar-refractivity contribution in [1.82, 2.24) is 10.2 Å². The Morgan fingerprint density at radius 2 is 1.73 bits per heavy atom. The van der Waals surface area contributed by atoms with Crippen LogP contribution in [0, 0.1) is 0 Å². The van der Waals surface area contributed by atoms with Gasteiger partial charge in [-0.05, 0) is 29.7 Å². The number of likely N-dealkylation sites (N-methyl/N-ethyl adjacent to an activating group) is 1. The maximum Gasteiger partial charge on any atom is 0.242 e. The van der Waals surface area contributed by atoms with Crippen molar-refractivity contribution in [3.8, 4) is 0 Å². The van der Waals surface area contributed by atoms with Gasteiger partial charge < -0.3 is 10.2 Å². The van der Waals surface area contributed by atoms with E-state index in [-0.39, 0.29) is 18.2 Å². The molecule has 0 aliphatic rings. The van der Waals surface area contributed by atoms with Crippen LogP contribution >= 0.6 is 23.2 Å². The highest BCUT2D eigenvalue weighted by atomic mass is 35.5. The monoisotopic (exact) mass is 392 g/mol.